The van der Waals surface area contributed by atoms with E-state index in [9.17, 15) is 9.59 Å². The molecule has 1 aromatic rings. The second-order valence-corrected chi connectivity index (χ2v) is 8.93. The van der Waals surface area contributed by atoms with Crippen LogP contribution >= 0.6 is 0 Å². The largest absolute Gasteiger partial charge is 0.347 e. The highest BCUT2D eigenvalue weighted by atomic mass is 16.2. The Morgan fingerprint density at radius 2 is 1.89 bits per heavy atom. The first-order chi connectivity index (χ1) is 12.8. The smallest absolute Gasteiger partial charge is 0.243 e. The molecule has 5 heteroatoms. The summed E-state index contributed by atoms with van der Waals surface area (Å²) in [7, 11) is 1.82. The SMILES string of the molecule is CNC(C(=O)N1CCCC1C(=O)NC1CCCc2ccccc21)C(C)(C)C. The fraction of sp³-hybridized carbons (Fsp3) is 0.636. The Morgan fingerprint density at radius 1 is 1.15 bits per heavy atom. The number of aryl methyl sites for hydroxylation is 1. The molecule has 3 rings (SSSR count). The molecule has 27 heavy (non-hydrogen) atoms. The van der Waals surface area contributed by atoms with Crippen molar-refractivity contribution in [2.45, 2.75) is 71.0 Å². The van der Waals surface area contributed by atoms with Crippen LogP contribution in [0.15, 0.2) is 24.3 Å². The molecular weight excluding hydrogens is 338 g/mol. The van der Waals surface area contributed by atoms with E-state index in [1.807, 2.05) is 13.1 Å². The molecule has 1 fully saturated rings. The van der Waals surface area contributed by atoms with Crippen molar-refractivity contribution < 1.29 is 9.59 Å². The van der Waals surface area contributed by atoms with E-state index in [0.29, 0.717) is 6.54 Å². The number of hydrogen-bond donors (Lipinski definition) is 2. The summed E-state index contributed by atoms with van der Waals surface area (Å²) in [6.45, 7) is 6.81. The lowest BCUT2D eigenvalue weighted by Gasteiger charge is -2.35. The van der Waals surface area contributed by atoms with E-state index >= 15 is 0 Å². The molecule has 0 aromatic heterocycles. The van der Waals surface area contributed by atoms with Gasteiger partial charge < -0.3 is 15.5 Å². The van der Waals surface area contributed by atoms with E-state index in [1.165, 1.54) is 11.1 Å². The van der Waals surface area contributed by atoms with Crippen molar-refractivity contribution in [3.05, 3.63) is 35.4 Å². The molecule has 2 aliphatic rings. The number of nitrogens with one attached hydrogen (secondary N) is 2. The van der Waals surface area contributed by atoms with Gasteiger partial charge in [0.25, 0.3) is 0 Å². The number of likely N-dealkylation sites (tertiary alicyclic amines) is 1. The third-order valence-electron chi connectivity index (χ3n) is 5.93. The maximum absolute atomic E-state index is 13.1. The van der Waals surface area contributed by atoms with Crippen LogP contribution in [0.5, 0.6) is 0 Å². The van der Waals surface area contributed by atoms with E-state index in [2.05, 4.69) is 49.6 Å². The van der Waals surface area contributed by atoms with Gasteiger partial charge in [0.05, 0.1) is 12.1 Å². The lowest BCUT2D eigenvalue weighted by Crippen LogP contribution is -2.56. The molecule has 0 bridgehead atoms. The fourth-order valence-corrected chi connectivity index (χ4v) is 4.57. The van der Waals surface area contributed by atoms with E-state index in [0.717, 1.165) is 32.1 Å². The Labute approximate surface area is 162 Å². The van der Waals surface area contributed by atoms with E-state index < -0.39 is 0 Å². The van der Waals surface area contributed by atoms with Crippen LogP contribution in [0.3, 0.4) is 0 Å². The average Bonchev–Trinajstić information content (AvgIpc) is 3.11. The highest BCUT2D eigenvalue weighted by molar-refractivity contribution is 5.91. The van der Waals surface area contributed by atoms with Crippen molar-refractivity contribution in [3.63, 3.8) is 0 Å². The number of likely N-dealkylation sites (N-methyl/N-ethyl adjacent to an activating group) is 1. The lowest BCUT2D eigenvalue weighted by atomic mass is 9.85. The zero-order valence-corrected chi connectivity index (χ0v) is 17.0. The first-order valence-corrected chi connectivity index (χ1v) is 10.2. The van der Waals surface area contributed by atoms with Crippen molar-refractivity contribution >= 4 is 11.8 Å². The Morgan fingerprint density at radius 3 is 2.59 bits per heavy atom. The zero-order valence-electron chi connectivity index (χ0n) is 17.0. The van der Waals surface area contributed by atoms with E-state index in [-0.39, 0.29) is 35.4 Å². The molecule has 148 valence electrons. The Hall–Kier alpha value is -1.88. The van der Waals surface area contributed by atoms with Gasteiger partial charge in [-0.25, -0.2) is 0 Å². The van der Waals surface area contributed by atoms with Crippen LogP contribution in [-0.2, 0) is 16.0 Å². The van der Waals surface area contributed by atoms with Crippen LogP contribution in [0, 0.1) is 5.41 Å². The topological polar surface area (TPSA) is 61.4 Å². The van der Waals surface area contributed by atoms with Gasteiger partial charge in [-0.3, -0.25) is 9.59 Å². The number of amides is 2. The molecular formula is C22H33N3O2. The maximum atomic E-state index is 13.1. The quantitative estimate of drug-likeness (QED) is 0.856. The zero-order chi connectivity index (χ0) is 19.6. The van der Waals surface area contributed by atoms with Crippen LogP contribution in [0.1, 0.15) is 63.6 Å². The molecule has 3 unspecified atom stereocenters. The monoisotopic (exact) mass is 371 g/mol. The molecule has 1 aromatic carbocycles. The van der Waals surface area contributed by atoms with E-state index in [4.69, 9.17) is 0 Å². The summed E-state index contributed by atoms with van der Waals surface area (Å²) < 4.78 is 0. The Bertz CT molecular complexity index is 695. The fourth-order valence-electron chi connectivity index (χ4n) is 4.57. The van der Waals surface area contributed by atoms with Gasteiger partial charge in [0.15, 0.2) is 0 Å². The minimum atomic E-state index is -0.357. The minimum Gasteiger partial charge on any atom is -0.347 e. The number of hydrogen-bond acceptors (Lipinski definition) is 3. The number of carbonyl (C=O) groups is 2. The standard InChI is InChI=1S/C22H33N3O2/c1-22(2,3)19(23-4)21(27)25-14-8-13-18(25)20(26)24-17-12-7-10-15-9-5-6-11-16(15)17/h5-6,9,11,17-19,23H,7-8,10,12-14H2,1-4H3,(H,24,26). The Balaban J connectivity index is 1.72. The van der Waals surface area contributed by atoms with Crippen molar-refractivity contribution in [3.8, 4) is 0 Å². The van der Waals surface area contributed by atoms with Crippen molar-refractivity contribution in [1.82, 2.24) is 15.5 Å². The minimum absolute atomic E-state index is 0.00804. The molecule has 0 saturated carbocycles. The molecule has 1 saturated heterocycles. The predicted octanol–water partition coefficient (Wildman–Crippen LogP) is 2.81. The highest BCUT2D eigenvalue weighted by Crippen LogP contribution is 2.31. The number of rotatable bonds is 4. The summed E-state index contributed by atoms with van der Waals surface area (Å²) in [5.74, 6) is 0.0259. The summed E-state index contributed by atoms with van der Waals surface area (Å²) in [5.41, 5.74) is 2.37. The van der Waals surface area contributed by atoms with Gasteiger partial charge in [-0.15, -0.1) is 0 Å². The highest BCUT2D eigenvalue weighted by Gasteiger charge is 2.41. The van der Waals surface area contributed by atoms with Crippen molar-refractivity contribution in [2.24, 2.45) is 5.41 Å². The number of carbonyl (C=O) groups excluding carboxylic acids is 2. The third kappa shape index (κ3) is 4.18. The molecule has 0 spiro atoms. The number of benzene rings is 1. The van der Waals surface area contributed by atoms with Gasteiger partial charge in [-0.05, 0) is 55.7 Å². The lowest BCUT2D eigenvalue weighted by molar-refractivity contribution is -0.142. The molecule has 1 heterocycles. The van der Waals surface area contributed by atoms with Crippen LogP contribution in [0.4, 0.5) is 0 Å². The van der Waals surface area contributed by atoms with Crippen molar-refractivity contribution in [1.29, 1.82) is 0 Å². The second kappa shape index (κ2) is 8.01. The van der Waals surface area contributed by atoms with Gasteiger partial charge in [0.2, 0.25) is 11.8 Å². The summed E-state index contributed by atoms with van der Waals surface area (Å²) in [5, 5.41) is 6.39. The van der Waals surface area contributed by atoms with Crippen LogP contribution in [0.2, 0.25) is 0 Å². The molecule has 2 amide bonds. The first kappa shape index (κ1) is 19.9. The summed E-state index contributed by atoms with van der Waals surface area (Å²) >= 11 is 0. The van der Waals surface area contributed by atoms with E-state index in [1.54, 1.807) is 4.90 Å². The van der Waals surface area contributed by atoms with Gasteiger partial charge >= 0.3 is 0 Å². The molecule has 5 nitrogen and oxygen atoms in total. The molecule has 0 radical (unpaired) electrons. The Kier molecular flexibility index (Phi) is 5.89. The normalized spacial score (nSPS) is 23.6. The van der Waals surface area contributed by atoms with Crippen LogP contribution in [0.25, 0.3) is 0 Å². The summed E-state index contributed by atoms with van der Waals surface area (Å²) in [6, 6.07) is 7.78. The molecule has 1 aliphatic heterocycles. The van der Waals surface area contributed by atoms with Crippen LogP contribution < -0.4 is 10.6 Å². The maximum Gasteiger partial charge on any atom is 0.243 e. The first-order valence-electron chi connectivity index (χ1n) is 10.2. The average molecular weight is 372 g/mol. The molecule has 2 N–H and O–H groups in total. The third-order valence-corrected chi connectivity index (χ3v) is 5.93. The second-order valence-electron chi connectivity index (χ2n) is 8.93. The number of fused-ring (bicyclic) bond motifs is 1. The van der Waals surface area contributed by atoms with Gasteiger partial charge in [-0.1, -0.05) is 45.0 Å². The van der Waals surface area contributed by atoms with Crippen molar-refractivity contribution in [2.75, 3.05) is 13.6 Å². The summed E-state index contributed by atoms with van der Waals surface area (Å²) in [6.07, 6.45) is 4.75. The summed E-state index contributed by atoms with van der Waals surface area (Å²) in [4.78, 5) is 28.0. The number of nitrogens with zero attached hydrogens (tertiary/aromatic N) is 1. The van der Waals surface area contributed by atoms with Gasteiger partial charge in [-0.2, -0.15) is 0 Å². The van der Waals surface area contributed by atoms with Crippen LogP contribution in [-0.4, -0.2) is 42.4 Å². The predicted molar refractivity (Wildman–Crippen MR) is 107 cm³/mol. The molecule has 1 aliphatic carbocycles. The molecule has 3 atom stereocenters. The van der Waals surface area contributed by atoms with Gasteiger partial charge in [0, 0.05) is 6.54 Å². The van der Waals surface area contributed by atoms with Gasteiger partial charge in [0.1, 0.15) is 6.04 Å².